The van der Waals surface area contributed by atoms with Gasteiger partial charge in [-0.15, -0.1) is 0 Å². The predicted octanol–water partition coefficient (Wildman–Crippen LogP) is 2.82. The number of para-hydroxylation sites is 2. The molecule has 0 spiro atoms. The Hall–Kier alpha value is -2.99. The number of carbonyl (C=O) groups excluding carboxylic acids is 1. The van der Waals surface area contributed by atoms with Crippen LogP contribution < -0.4 is 10.9 Å². The van der Waals surface area contributed by atoms with E-state index in [0.29, 0.717) is 23.4 Å². The number of amides is 1. The molecular weight excluding hydrogens is 364 g/mol. The van der Waals surface area contributed by atoms with E-state index in [1.54, 1.807) is 35.9 Å². The van der Waals surface area contributed by atoms with Gasteiger partial charge in [0, 0.05) is 31.3 Å². The van der Waals surface area contributed by atoms with E-state index in [1.807, 2.05) is 24.3 Å². The first kappa shape index (κ1) is 19.3. The van der Waals surface area contributed by atoms with Crippen molar-refractivity contribution in [1.82, 2.24) is 19.8 Å². The topological polar surface area (TPSA) is 67.2 Å². The predicted molar refractivity (Wildman–Crippen MR) is 115 cm³/mol. The first-order valence-corrected chi connectivity index (χ1v) is 10.2. The van der Waals surface area contributed by atoms with Crippen molar-refractivity contribution in [3.05, 3.63) is 64.4 Å². The van der Waals surface area contributed by atoms with E-state index in [0.717, 1.165) is 30.7 Å². The van der Waals surface area contributed by atoms with E-state index in [-0.39, 0.29) is 11.5 Å². The molecule has 6 heteroatoms. The summed E-state index contributed by atoms with van der Waals surface area (Å²) in [4.78, 5) is 32.1. The Bertz CT molecular complexity index is 1070. The molecule has 1 fully saturated rings. The molecule has 1 aliphatic rings. The number of fused-ring (bicyclic) bond motifs is 1. The Kier molecular flexibility index (Phi) is 5.71. The maximum Gasteiger partial charge on any atom is 0.277 e. The summed E-state index contributed by atoms with van der Waals surface area (Å²) >= 11 is 0. The lowest BCUT2D eigenvalue weighted by molar-refractivity contribution is 0.0946. The van der Waals surface area contributed by atoms with Gasteiger partial charge in [0.25, 0.3) is 11.5 Å². The summed E-state index contributed by atoms with van der Waals surface area (Å²) in [5.74, 6) is -0.0899. The molecule has 29 heavy (non-hydrogen) atoms. The van der Waals surface area contributed by atoms with E-state index < -0.39 is 0 Å². The molecule has 1 amide bonds. The molecule has 1 aliphatic heterocycles. The van der Waals surface area contributed by atoms with Gasteiger partial charge in [-0.2, -0.15) is 0 Å². The van der Waals surface area contributed by atoms with E-state index in [4.69, 9.17) is 0 Å². The highest BCUT2D eigenvalue weighted by atomic mass is 16.1. The Morgan fingerprint density at radius 2 is 1.76 bits per heavy atom. The number of nitrogens with one attached hydrogen (secondary N) is 1. The SMILES string of the molecule is Cn1c(=O)c(-c2ccc(C(=O)NCCN3CCCCC3)cc2)nc2ccccc21. The molecule has 2 aromatic carbocycles. The lowest BCUT2D eigenvalue weighted by atomic mass is 10.1. The van der Waals surface area contributed by atoms with Gasteiger partial charge in [0.2, 0.25) is 0 Å². The highest BCUT2D eigenvalue weighted by Crippen LogP contribution is 2.18. The van der Waals surface area contributed by atoms with Gasteiger partial charge in [0.1, 0.15) is 5.69 Å². The van der Waals surface area contributed by atoms with E-state index in [1.165, 1.54) is 19.3 Å². The van der Waals surface area contributed by atoms with E-state index in [2.05, 4.69) is 15.2 Å². The van der Waals surface area contributed by atoms with Crippen LogP contribution in [0.2, 0.25) is 0 Å². The van der Waals surface area contributed by atoms with Crippen LogP contribution in [-0.2, 0) is 7.05 Å². The minimum absolute atomic E-state index is 0.0899. The highest BCUT2D eigenvalue weighted by molar-refractivity contribution is 5.94. The van der Waals surface area contributed by atoms with Crippen LogP contribution in [0.3, 0.4) is 0 Å². The number of hydrogen-bond acceptors (Lipinski definition) is 4. The fraction of sp³-hybridized carbons (Fsp3) is 0.348. The average Bonchev–Trinajstić information content (AvgIpc) is 2.77. The van der Waals surface area contributed by atoms with Crippen molar-refractivity contribution in [1.29, 1.82) is 0 Å². The quantitative estimate of drug-likeness (QED) is 0.727. The first-order valence-electron chi connectivity index (χ1n) is 10.2. The molecule has 0 aliphatic carbocycles. The second-order valence-corrected chi connectivity index (χ2v) is 7.55. The molecule has 2 heterocycles. The minimum atomic E-state index is -0.151. The molecule has 0 unspecified atom stereocenters. The number of likely N-dealkylation sites (tertiary alicyclic amines) is 1. The van der Waals surface area contributed by atoms with Gasteiger partial charge in [0.05, 0.1) is 11.0 Å². The molecule has 0 radical (unpaired) electrons. The van der Waals surface area contributed by atoms with Crippen LogP contribution in [-0.4, -0.2) is 46.5 Å². The van der Waals surface area contributed by atoms with Crippen LogP contribution in [0.15, 0.2) is 53.3 Å². The van der Waals surface area contributed by atoms with Gasteiger partial charge in [-0.1, -0.05) is 30.7 Å². The lowest BCUT2D eigenvalue weighted by Gasteiger charge is -2.26. The van der Waals surface area contributed by atoms with Gasteiger partial charge in [-0.3, -0.25) is 9.59 Å². The van der Waals surface area contributed by atoms with Crippen LogP contribution in [0.25, 0.3) is 22.3 Å². The summed E-state index contributed by atoms with van der Waals surface area (Å²) in [6, 6.07) is 14.6. The van der Waals surface area contributed by atoms with Gasteiger partial charge in [-0.05, 0) is 50.2 Å². The molecular formula is C23H26N4O2. The van der Waals surface area contributed by atoms with Crippen molar-refractivity contribution in [2.45, 2.75) is 19.3 Å². The number of benzene rings is 2. The number of nitrogens with zero attached hydrogens (tertiary/aromatic N) is 3. The fourth-order valence-electron chi connectivity index (χ4n) is 3.86. The van der Waals surface area contributed by atoms with Gasteiger partial charge >= 0.3 is 0 Å². The van der Waals surface area contributed by atoms with Gasteiger partial charge in [0.15, 0.2) is 0 Å². The summed E-state index contributed by atoms with van der Waals surface area (Å²) in [6.45, 7) is 3.78. The Balaban J connectivity index is 1.46. The van der Waals surface area contributed by atoms with Crippen LogP contribution in [0, 0.1) is 0 Å². The van der Waals surface area contributed by atoms with Gasteiger partial charge < -0.3 is 14.8 Å². The molecule has 0 bridgehead atoms. The van der Waals surface area contributed by atoms with Crippen molar-refractivity contribution >= 4 is 16.9 Å². The smallest absolute Gasteiger partial charge is 0.277 e. The highest BCUT2D eigenvalue weighted by Gasteiger charge is 2.13. The Morgan fingerprint density at radius 3 is 2.52 bits per heavy atom. The third kappa shape index (κ3) is 4.22. The summed E-state index contributed by atoms with van der Waals surface area (Å²) < 4.78 is 1.61. The number of hydrogen-bond donors (Lipinski definition) is 1. The first-order chi connectivity index (χ1) is 14.1. The molecule has 3 aromatic rings. The van der Waals surface area contributed by atoms with E-state index in [9.17, 15) is 9.59 Å². The molecule has 1 saturated heterocycles. The van der Waals surface area contributed by atoms with Crippen LogP contribution in [0.1, 0.15) is 29.6 Å². The maximum atomic E-state index is 12.7. The molecule has 4 rings (SSSR count). The minimum Gasteiger partial charge on any atom is -0.351 e. The third-order valence-corrected chi connectivity index (χ3v) is 5.57. The zero-order chi connectivity index (χ0) is 20.2. The number of aryl methyl sites for hydroxylation is 1. The second-order valence-electron chi connectivity index (χ2n) is 7.55. The summed E-state index contributed by atoms with van der Waals surface area (Å²) in [7, 11) is 1.75. The van der Waals surface area contributed by atoms with Crippen LogP contribution in [0.4, 0.5) is 0 Å². The Labute approximate surface area is 170 Å². The lowest BCUT2D eigenvalue weighted by Crippen LogP contribution is -2.37. The van der Waals surface area contributed by atoms with Gasteiger partial charge in [-0.25, -0.2) is 4.98 Å². The molecule has 150 valence electrons. The molecule has 1 N–H and O–H groups in total. The van der Waals surface area contributed by atoms with Crippen LogP contribution >= 0.6 is 0 Å². The van der Waals surface area contributed by atoms with Crippen molar-refractivity contribution in [3.8, 4) is 11.3 Å². The molecule has 6 nitrogen and oxygen atoms in total. The molecule has 0 saturated carbocycles. The normalized spacial score (nSPS) is 14.8. The van der Waals surface area contributed by atoms with E-state index >= 15 is 0 Å². The van der Waals surface area contributed by atoms with Crippen molar-refractivity contribution < 1.29 is 4.79 Å². The zero-order valence-corrected chi connectivity index (χ0v) is 16.7. The number of rotatable bonds is 5. The largest absolute Gasteiger partial charge is 0.351 e. The zero-order valence-electron chi connectivity index (χ0n) is 16.7. The number of carbonyl (C=O) groups is 1. The molecule has 0 atom stereocenters. The monoisotopic (exact) mass is 390 g/mol. The van der Waals surface area contributed by atoms with Crippen molar-refractivity contribution in [2.24, 2.45) is 7.05 Å². The van der Waals surface area contributed by atoms with Crippen molar-refractivity contribution in [3.63, 3.8) is 0 Å². The van der Waals surface area contributed by atoms with Crippen LogP contribution in [0.5, 0.6) is 0 Å². The fourth-order valence-corrected chi connectivity index (χ4v) is 3.86. The summed E-state index contributed by atoms with van der Waals surface area (Å²) in [5.41, 5.74) is 3.10. The average molecular weight is 390 g/mol. The third-order valence-electron chi connectivity index (χ3n) is 5.57. The second kappa shape index (κ2) is 8.57. The maximum absolute atomic E-state index is 12.7. The van der Waals surface area contributed by atoms with Crippen molar-refractivity contribution in [2.75, 3.05) is 26.2 Å². The Morgan fingerprint density at radius 1 is 1.03 bits per heavy atom. The summed E-state index contributed by atoms with van der Waals surface area (Å²) in [6.07, 6.45) is 3.81. The number of piperidine rings is 1. The summed E-state index contributed by atoms with van der Waals surface area (Å²) in [5, 5.41) is 2.99. The standard InChI is InChI=1S/C23H26N4O2/c1-26-20-8-4-3-7-19(20)25-21(23(26)29)17-9-11-18(12-10-17)22(28)24-13-16-27-14-5-2-6-15-27/h3-4,7-12H,2,5-6,13-16H2,1H3,(H,24,28). The molecule has 1 aromatic heterocycles. The number of aromatic nitrogens is 2.